The number of methoxy groups -OCH3 is 1. The van der Waals surface area contributed by atoms with Crippen molar-refractivity contribution >= 4 is 33.3 Å². The van der Waals surface area contributed by atoms with Crippen LogP contribution in [0.1, 0.15) is 51.4 Å². The number of ether oxygens (including phenoxy) is 1. The van der Waals surface area contributed by atoms with E-state index in [1.807, 2.05) is 40.7 Å². The third-order valence-electron chi connectivity index (χ3n) is 7.51. The zero-order valence-corrected chi connectivity index (χ0v) is 23.1. The van der Waals surface area contributed by atoms with Crippen molar-refractivity contribution in [1.82, 2.24) is 19.9 Å². The predicted octanol–water partition coefficient (Wildman–Crippen LogP) is 3.29. The van der Waals surface area contributed by atoms with Crippen LogP contribution in [0.4, 0.5) is 11.8 Å². The van der Waals surface area contributed by atoms with E-state index < -0.39 is 29.8 Å². The largest absolute Gasteiger partial charge is 0.390 e. The van der Waals surface area contributed by atoms with E-state index in [1.165, 1.54) is 11.3 Å². The van der Waals surface area contributed by atoms with Crippen LogP contribution in [0.3, 0.4) is 0 Å². The number of nitrogens with one attached hydrogen (secondary N) is 2. The molecule has 5 atom stereocenters. The number of hydrogen-bond donors (Lipinski definition) is 5. The number of aliphatic hydroxyl groups excluding tert-OH is 2. The summed E-state index contributed by atoms with van der Waals surface area (Å²) in [7, 11) is 1.64. The Morgan fingerprint density at radius 2 is 1.86 bits per heavy atom. The summed E-state index contributed by atoms with van der Waals surface area (Å²) in [6.45, 7) is 10.1. The van der Waals surface area contributed by atoms with Crippen molar-refractivity contribution in [2.24, 2.45) is 5.92 Å². The Labute approximate surface area is 221 Å². The molecule has 202 valence electrons. The number of rotatable bonds is 10. The number of fused-ring (bicyclic) bond motifs is 1. The monoisotopic (exact) mass is 530 g/mol. The Morgan fingerprint density at radius 3 is 2.51 bits per heavy atom. The fourth-order valence-electron chi connectivity index (χ4n) is 5.26. The molecule has 1 aliphatic carbocycles. The van der Waals surface area contributed by atoms with Gasteiger partial charge in [0.15, 0.2) is 0 Å². The summed E-state index contributed by atoms with van der Waals surface area (Å²) in [5.74, 6) is 0.477. The molecule has 0 spiro atoms. The van der Waals surface area contributed by atoms with Crippen LogP contribution in [0.15, 0.2) is 12.3 Å². The lowest BCUT2D eigenvalue weighted by Gasteiger charge is -2.34. The number of thiazole rings is 1. The quantitative estimate of drug-likeness (QED) is 0.265. The molecule has 3 aromatic heterocycles. The smallest absolute Gasteiger partial charge is 0.225 e. The van der Waals surface area contributed by atoms with Crippen LogP contribution in [0.5, 0.6) is 0 Å². The van der Waals surface area contributed by atoms with Gasteiger partial charge in [0.25, 0.3) is 0 Å². The molecule has 3 heterocycles. The molecular weight excluding hydrogens is 492 g/mol. The summed E-state index contributed by atoms with van der Waals surface area (Å²) in [5, 5.41) is 40.4. The van der Waals surface area contributed by atoms with Crippen LogP contribution in [-0.2, 0) is 4.74 Å². The number of aliphatic hydroxyl groups is 3. The number of aryl methyl sites for hydroxylation is 2. The van der Waals surface area contributed by atoms with Crippen LogP contribution in [0.2, 0.25) is 0 Å². The molecule has 3 aromatic rings. The summed E-state index contributed by atoms with van der Waals surface area (Å²) in [6.07, 6.45) is 1.04. The van der Waals surface area contributed by atoms with Gasteiger partial charge in [-0.3, -0.25) is 4.98 Å². The highest BCUT2D eigenvalue weighted by Crippen LogP contribution is 2.42. The van der Waals surface area contributed by atoms with E-state index in [2.05, 4.69) is 15.6 Å². The number of nitrogens with zero attached hydrogens (tertiary/aromatic N) is 4. The molecule has 5 N–H and O–H groups in total. The van der Waals surface area contributed by atoms with Gasteiger partial charge in [0, 0.05) is 25.3 Å². The van der Waals surface area contributed by atoms with Gasteiger partial charge in [0.05, 0.1) is 46.0 Å². The van der Waals surface area contributed by atoms with Gasteiger partial charge in [-0.1, -0.05) is 13.8 Å². The molecule has 0 bridgehead atoms. The first-order valence-electron chi connectivity index (χ1n) is 12.8. The molecule has 0 aliphatic heterocycles. The normalized spacial score (nSPS) is 22.9. The van der Waals surface area contributed by atoms with Crippen LogP contribution in [-0.4, -0.2) is 78.9 Å². The van der Waals surface area contributed by atoms with Crippen molar-refractivity contribution in [2.45, 2.75) is 83.8 Å². The van der Waals surface area contributed by atoms with Gasteiger partial charge in [-0.15, -0.1) is 11.3 Å². The van der Waals surface area contributed by atoms with Crippen molar-refractivity contribution in [3.05, 3.63) is 23.7 Å². The van der Waals surface area contributed by atoms with E-state index in [0.29, 0.717) is 37.6 Å². The highest BCUT2D eigenvalue weighted by atomic mass is 32.1. The molecule has 11 heteroatoms. The molecular formula is C26H38N6O4S. The van der Waals surface area contributed by atoms with Gasteiger partial charge < -0.3 is 30.7 Å². The Kier molecular flexibility index (Phi) is 8.29. The molecule has 0 saturated heterocycles. The lowest BCUT2D eigenvalue weighted by molar-refractivity contribution is -0.0843. The maximum absolute atomic E-state index is 11.1. The molecule has 1 saturated carbocycles. The number of aromatic nitrogens is 4. The second kappa shape index (κ2) is 11.1. The Hall–Kier alpha value is -2.44. The van der Waals surface area contributed by atoms with Crippen molar-refractivity contribution in [2.75, 3.05) is 24.4 Å². The van der Waals surface area contributed by atoms with Gasteiger partial charge >= 0.3 is 0 Å². The Bertz CT molecular complexity index is 1230. The van der Waals surface area contributed by atoms with Crippen molar-refractivity contribution in [3.63, 3.8) is 0 Å². The van der Waals surface area contributed by atoms with Gasteiger partial charge in [0.1, 0.15) is 22.4 Å². The topological polar surface area (TPSA) is 146 Å². The van der Waals surface area contributed by atoms with Crippen LogP contribution in [0.25, 0.3) is 20.8 Å². The fourth-order valence-corrected chi connectivity index (χ4v) is 6.37. The summed E-state index contributed by atoms with van der Waals surface area (Å²) in [4.78, 5) is 18.7. The molecule has 1 aliphatic rings. The molecule has 5 unspecified atom stereocenters. The first-order valence-corrected chi connectivity index (χ1v) is 13.6. The van der Waals surface area contributed by atoms with Gasteiger partial charge in [-0.25, -0.2) is 9.97 Å². The number of hydrogen-bond acceptors (Lipinski definition) is 11. The zero-order valence-electron chi connectivity index (χ0n) is 22.3. The third kappa shape index (κ3) is 5.42. The Balaban J connectivity index is 1.75. The molecule has 1 fully saturated rings. The van der Waals surface area contributed by atoms with Crippen LogP contribution >= 0.6 is 11.3 Å². The summed E-state index contributed by atoms with van der Waals surface area (Å²) in [6, 6.07) is 1.40. The van der Waals surface area contributed by atoms with E-state index in [1.54, 1.807) is 13.3 Å². The SMILES string of the molecule is CCC(O)(CC)C1CC(Nc2nc(NC(C)COC)nc(C)c2-c2nc3c(C)nccc3s2)C(O)C1O. The summed E-state index contributed by atoms with van der Waals surface area (Å²) < 4.78 is 6.25. The van der Waals surface area contributed by atoms with Crippen molar-refractivity contribution < 1.29 is 20.1 Å². The molecule has 37 heavy (non-hydrogen) atoms. The molecule has 0 radical (unpaired) electrons. The maximum Gasteiger partial charge on any atom is 0.225 e. The van der Waals surface area contributed by atoms with E-state index in [-0.39, 0.29) is 6.04 Å². The van der Waals surface area contributed by atoms with Crippen molar-refractivity contribution in [1.29, 1.82) is 0 Å². The minimum absolute atomic E-state index is 0.0216. The van der Waals surface area contributed by atoms with E-state index in [9.17, 15) is 15.3 Å². The number of pyridine rings is 1. The van der Waals surface area contributed by atoms with Gasteiger partial charge in [0.2, 0.25) is 5.95 Å². The molecule has 0 amide bonds. The first-order chi connectivity index (χ1) is 17.6. The maximum atomic E-state index is 11.1. The zero-order chi connectivity index (χ0) is 26.9. The van der Waals surface area contributed by atoms with Gasteiger partial charge in [-0.05, 0) is 46.1 Å². The number of anilines is 2. The van der Waals surface area contributed by atoms with Crippen LogP contribution in [0, 0.1) is 19.8 Å². The van der Waals surface area contributed by atoms with E-state index >= 15 is 0 Å². The van der Waals surface area contributed by atoms with E-state index in [4.69, 9.17) is 19.7 Å². The Morgan fingerprint density at radius 1 is 1.14 bits per heavy atom. The van der Waals surface area contributed by atoms with Crippen LogP contribution < -0.4 is 10.6 Å². The highest BCUT2D eigenvalue weighted by Gasteiger charge is 2.50. The third-order valence-corrected chi connectivity index (χ3v) is 8.54. The molecule has 0 aromatic carbocycles. The van der Waals surface area contributed by atoms with E-state index in [0.717, 1.165) is 32.2 Å². The molecule has 10 nitrogen and oxygen atoms in total. The summed E-state index contributed by atoms with van der Waals surface area (Å²) >= 11 is 1.53. The van der Waals surface area contributed by atoms with Crippen molar-refractivity contribution in [3.8, 4) is 10.6 Å². The second-order valence-corrected chi connectivity index (χ2v) is 11.0. The second-order valence-electron chi connectivity index (χ2n) is 10.0. The predicted molar refractivity (Wildman–Crippen MR) is 146 cm³/mol. The summed E-state index contributed by atoms with van der Waals surface area (Å²) in [5.41, 5.74) is 2.07. The fraction of sp³-hybridized carbons (Fsp3) is 0.615. The lowest BCUT2D eigenvalue weighted by Crippen LogP contribution is -2.43. The minimum Gasteiger partial charge on any atom is -0.390 e. The highest BCUT2D eigenvalue weighted by molar-refractivity contribution is 7.21. The lowest BCUT2D eigenvalue weighted by atomic mass is 9.80. The average molecular weight is 531 g/mol. The molecule has 4 rings (SSSR count). The minimum atomic E-state index is -1.07. The van der Waals surface area contributed by atoms with Gasteiger partial charge in [-0.2, -0.15) is 4.98 Å². The average Bonchev–Trinajstić information content (AvgIpc) is 3.41. The standard InChI is InChI=1S/C26H38N6O4S/c1-7-26(35,8-2)16-11-17(22(34)21(16)33)30-23-19(14(4)29-25(32-23)28-13(3)12-36-6)24-31-20-15(5)27-10-9-18(20)37-24/h9-10,13,16-17,21-22,33-35H,7-8,11-12H2,1-6H3,(H2,28,29,30,32). The first kappa shape index (κ1) is 27.6.